The minimum Gasteiger partial charge on any atom is -0.480 e. The number of aliphatic imine (C=N–C) groups is 1. The van der Waals surface area contributed by atoms with E-state index in [1.807, 2.05) is 0 Å². The van der Waals surface area contributed by atoms with Gasteiger partial charge in [-0.1, -0.05) is 0 Å². The lowest BCUT2D eigenvalue weighted by molar-refractivity contribution is -0.138. The Bertz CT molecular complexity index is 304. The molecule has 0 aliphatic carbocycles. The fourth-order valence-corrected chi connectivity index (χ4v) is 1.65. The highest BCUT2D eigenvalue weighted by Crippen LogP contribution is 2.07. The Labute approximate surface area is 100 Å². The van der Waals surface area contributed by atoms with Crippen molar-refractivity contribution < 1.29 is 14.7 Å². The van der Waals surface area contributed by atoms with Crippen molar-refractivity contribution in [2.45, 2.75) is 44.2 Å². The first-order valence-corrected chi connectivity index (χ1v) is 5.89. The molecule has 6 heteroatoms. The highest BCUT2D eigenvalue weighted by Gasteiger charge is 2.18. The molecular formula is C11H19N3O3. The van der Waals surface area contributed by atoms with Gasteiger partial charge in [0, 0.05) is 6.54 Å². The Morgan fingerprint density at radius 2 is 2.29 bits per heavy atom. The van der Waals surface area contributed by atoms with Crippen molar-refractivity contribution in [2.75, 3.05) is 6.54 Å². The van der Waals surface area contributed by atoms with Crippen molar-refractivity contribution >= 4 is 18.1 Å². The summed E-state index contributed by atoms with van der Waals surface area (Å²) in [6.07, 6.45) is 5.30. The predicted molar refractivity (Wildman–Crippen MR) is 64.0 cm³/mol. The SMILES string of the molecule is NC(CCCCNC(=O)C1CCC=N1)C(=O)O. The van der Waals surface area contributed by atoms with Gasteiger partial charge in [-0.15, -0.1) is 0 Å². The Kier molecular flexibility index (Phi) is 5.62. The van der Waals surface area contributed by atoms with Gasteiger partial charge < -0.3 is 16.2 Å². The molecule has 0 spiro atoms. The van der Waals surface area contributed by atoms with Gasteiger partial charge in [-0.05, 0) is 38.3 Å². The van der Waals surface area contributed by atoms with Gasteiger partial charge in [-0.25, -0.2) is 0 Å². The third-order valence-electron chi connectivity index (χ3n) is 2.72. The van der Waals surface area contributed by atoms with Gasteiger partial charge in [0.2, 0.25) is 5.91 Å². The van der Waals surface area contributed by atoms with E-state index < -0.39 is 12.0 Å². The number of hydrogen-bond donors (Lipinski definition) is 3. The van der Waals surface area contributed by atoms with Crippen LogP contribution in [0.15, 0.2) is 4.99 Å². The zero-order chi connectivity index (χ0) is 12.7. The zero-order valence-electron chi connectivity index (χ0n) is 9.76. The summed E-state index contributed by atoms with van der Waals surface area (Å²) in [4.78, 5) is 26.0. The lowest BCUT2D eigenvalue weighted by Gasteiger charge is -2.09. The van der Waals surface area contributed by atoms with Crippen molar-refractivity contribution in [2.24, 2.45) is 10.7 Å². The van der Waals surface area contributed by atoms with Crippen LogP contribution in [-0.4, -0.2) is 41.8 Å². The van der Waals surface area contributed by atoms with E-state index >= 15 is 0 Å². The molecule has 0 saturated carbocycles. The topological polar surface area (TPSA) is 105 Å². The van der Waals surface area contributed by atoms with Gasteiger partial charge >= 0.3 is 5.97 Å². The van der Waals surface area contributed by atoms with Crippen molar-refractivity contribution in [3.05, 3.63) is 0 Å². The second kappa shape index (κ2) is 7.01. The van der Waals surface area contributed by atoms with Crippen LogP contribution in [0.5, 0.6) is 0 Å². The summed E-state index contributed by atoms with van der Waals surface area (Å²) in [5, 5.41) is 11.3. The number of nitrogens with two attached hydrogens (primary N) is 1. The minimum atomic E-state index is -0.977. The summed E-state index contributed by atoms with van der Waals surface area (Å²) in [7, 11) is 0. The molecule has 6 nitrogen and oxygen atoms in total. The number of nitrogens with zero attached hydrogens (tertiary/aromatic N) is 1. The highest BCUT2D eigenvalue weighted by atomic mass is 16.4. The molecule has 4 N–H and O–H groups in total. The van der Waals surface area contributed by atoms with Crippen molar-refractivity contribution in [1.82, 2.24) is 5.32 Å². The molecule has 2 atom stereocenters. The smallest absolute Gasteiger partial charge is 0.320 e. The molecule has 1 amide bonds. The number of carboxylic acids is 1. The van der Waals surface area contributed by atoms with E-state index in [1.165, 1.54) is 0 Å². The lowest BCUT2D eigenvalue weighted by Crippen LogP contribution is -2.33. The summed E-state index contributed by atoms with van der Waals surface area (Å²) in [5.74, 6) is -1.02. The molecule has 0 radical (unpaired) electrons. The van der Waals surface area contributed by atoms with E-state index in [2.05, 4.69) is 10.3 Å². The fraction of sp³-hybridized carbons (Fsp3) is 0.727. The molecule has 96 valence electrons. The Balaban J connectivity index is 2.02. The summed E-state index contributed by atoms with van der Waals surface area (Å²) >= 11 is 0. The first-order chi connectivity index (χ1) is 8.11. The Morgan fingerprint density at radius 3 is 2.88 bits per heavy atom. The summed E-state index contributed by atoms with van der Waals surface area (Å²) in [6, 6.07) is -1.03. The quantitative estimate of drug-likeness (QED) is 0.542. The van der Waals surface area contributed by atoms with Gasteiger partial charge in [-0.3, -0.25) is 14.6 Å². The molecule has 17 heavy (non-hydrogen) atoms. The number of amides is 1. The van der Waals surface area contributed by atoms with Gasteiger partial charge in [-0.2, -0.15) is 0 Å². The molecule has 0 aromatic heterocycles. The standard InChI is InChI=1S/C11H19N3O3/c12-8(11(16)17)4-1-2-6-14-10(15)9-5-3-7-13-9/h7-9H,1-6,12H2,(H,14,15)(H,16,17). The molecular weight excluding hydrogens is 222 g/mol. The number of carboxylic acid groups (broad SMARTS) is 1. The number of aliphatic carboxylic acids is 1. The van der Waals surface area contributed by atoms with E-state index in [4.69, 9.17) is 10.8 Å². The maximum atomic E-state index is 11.5. The number of carbonyl (C=O) groups is 2. The molecule has 0 bridgehead atoms. The van der Waals surface area contributed by atoms with E-state index in [0.29, 0.717) is 19.4 Å². The zero-order valence-corrected chi connectivity index (χ0v) is 9.76. The number of nitrogens with one attached hydrogen (secondary N) is 1. The Morgan fingerprint density at radius 1 is 1.53 bits per heavy atom. The predicted octanol–water partition coefficient (Wildman–Crippen LogP) is -0.0820. The van der Waals surface area contributed by atoms with Crippen LogP contribution in [0.1, 0.15) is 32.1 Å². The highest BCUT2D eigenvalue weighted by molar-refractivity contribution is 5.85. The molecule has 1 heterocycles. The van der Waals surface area contributed by atoms with Crippen LogP contribution in [0, 0.1) is 0 Å². The van der Waals surface area contributed by atoms with Gasteiger partial charge in [0.05, 0.1) is 0 Å². The number of unbranched alkanes of at least 4 members (excludes halogenated alkanes) is 1. The van der Waals surface area contributed by atoms with Crippen molar-refractivity contribution in [1.29, 1.82) is 0 Å². The molecule has 1 aliphatic heterocycles. The normalized spacial score (nSPS) is 20.2. The third kappa shape index (κ3) is 4.95. The van der Waals surface area contributed by atoms with Crippen LogP contribution in [0.2, 0.25) is 0 Å². The van der Waals surface area contributed by atoms with Crippen LogP contribution >= 0.6 is 0 Å². The van der Waals surface area contributed by atoms with E-state index in [-0.39, 0.29) is 11.9 Å². The monoisotopic (exact) mass is 241 g/mol. The minimum absolute atomic E-state index is 0.0405. The van der Waals surface area contributed by atoms with Gasteiger partial charge in [0.1, 0.15) is 12.1 Å². The van der Waals surface area contributed by atoms with Crippen molar-refractivity contribution in [3.8, 4) is 0 Å². The summed E-state index contributed by atoms with van der Waals surface area (Å²) < 4.78 is 0. The second-order valence-electron chi connectivity index (χ2n) is 4.16. The average molecular weight is 241 g/mol. The lowest BCUT2D eigenvalue weighted by atomic mass is 10.1. The third-order valence-corrected chi connectivity index (χ3v) is 2.72. The van der Waals surface area contributed by atoms with E-state index in [9.17, 15) is 9.59 Å². The van der Waals surface area contributed by atoms with Crippen LogP contribution < -0.4 is 11.1 Å². The van der Waals surface area contributed by atoms with E-state index in [0.717, 1.165) is 19.3 Å². The van der Waals surface area contributed by atoms with Crippen LogP contribution in [-0.2, 0) is 9.59 Å². The average Bonchev–Trinajstić information content (AvgIpc) is 2.81. The molecule has 0 aromatic rings. The van der Waals surface area contributed by atoms with Gasteiger partial charge in [0.15, 0.2) is 0 Å². The molecule has 0 fully saturated rings. The van der Waals surface area contributed by atoms with Gasteiger partial charge in [0.25, 0.3) is 0 Å². The fourth-order valence-electron chi connectivity index (χ4n) is 1.65. The molecule has 0 saturated heterocycles. The van der Waals surface area contributed by atoms with E-state index in [1.54, 1.807) is 6.21 Å². The second-order valence-corrected chi connectivity index (χ2v) is 4.16. The van der Waals surface area contributed by atoms with Crippen LogP contribution in [0.25, 0.3) is 0 Å². The molecule has 2 unspecified atom stereocenters. The van der Waals surface area contributed by atoms with Crippen molar-refractivity contribution in [3.63, 3.8) is 0 Å². The molecule has 0 aromatic carbocycles. The Hall–Kier alpha value is -1.43. The summed E-state index contributed by atoms with van der Waals surface area (Å²) in [6.45, 7) is 0.553. The number of carbonyl (C=O) groups excluding carboxylic acids is 1. The molecule has 1 rings (SSSR count). The maximum absolute atomic E-state index is 11.5. The largest absolute Gasteiger partial charge is 0.480 e. The summed E-state index contributed by atoms with van der Waals surface area (Å²) in [5.41, 5.74) is 5.35. The first kappa shape index (κ1) is 13.6. The first-order valence-electron chi connectivity index (χ1n) is 5.89. The number of rotatable bonds is 7. The molecule has 1 aliphatic rings. The maximum Gasteiger partial charge on any atom is 0.320 e. The van der Waals surface area contributed by atoms with Crippen LogP contribution in [0.3, 0.4) is 0 Å². The van der Waals surface area contributed by atoms with Crippen LogP contribution in [0.4, 0.5) is 0 Å². The number of hydrogen-bond acceptors (Lipinski definition) is 4.